The first-order valence-corrected chi connectivity index (χ1v) is 10.7. The topological polar surface area (TPSA) is 112 Å². The maximum absolute atomic E-state index is 13.4. The van der Waals surface area contributed by atoms with Crippen LogP contribution in [0, 0.1) is 27.7 Å². The largest absolute Gasteiger partial charge is 0.335 e. The molecule has 0 aliphatic rings. The van der Waals surface area contributed by atoms with Crippen LogP contribution < -0.4 is 5.32 Å². The number of carbonyl (C=O) groups is 1. The first-order valence-electron chi connectivity index (χ1n) is 9.91. The summed E-state index contributed by atoms with van der Waals surface area (Å²) in [6, 6.07) is 9.16. The Morgan fingerprint density at radius 1 is 1.09 bits per heavy atom. The van der Waals surface area contributed by atoms with Gasteiger partial charge in [0.1, 0.15) is 5.82 Å². The predicted molar refractivity (Wildman–Crippen MR) is 121 cm³/mol. The van der Waals surface area contributed by atoms with E-state index in [4.69, 9.17) is 4.52 Å². The van der Waals surface area contributed by atoms with E-state index in [-0.39, 0.29) is 5.91 Å². The van der Waals surface area contributed by atoms with E-state index >= 15 is 0 Å². The summed E-state index contributed by atoms with van der Waals surface area (Å²) in [5, 5.41) is 20.0. The van der Waals surface area contributed by atoms with E-state index < -0.39 is 0 Å². The molecule has 0 spiro atoms. The van der Waals surface area contributed by atoms with Crippen LogP contribution in [-0.4, -0.2) is 36.0 Å². The summed E-state index contributed by atoms with van der Waals surface area (Å²) in [4.78, 5) is 20.3. The Bertz CT molecular complexity index is 1460. The molecule has 0 fully saturated rings. The molecule has 1 N–H and O–H groups in total. The number of pyridine rings is 1. The minimum Gasteiger partial charge on any atom is -0.335 e. The molecule has 5 aromatic heterocycles. The van der Waals surface area contributed by atoms with Crippen LogP contribution in [0.1, 0.15) is 31.5 Å². The fraction of sp³-hybridized carbons (Fsp3) is 0.182. The standard InChI is InChI=1S/C22H19N7O2S/c1-11-5-6-19(27-26-11)29-18(7-8-23-29)25-21(30)16-10-17(15-9-12(2)32-14(15)4)24-22-20(16)13(3)28-31-22/h5-10H,1-4H3,(H,25,30). The molecule has 9 nitrogen and oxygen atoms in total. The van der Waals surface area contributed by atoms with Crippen molar-refractivity contribution in [2.75, 3.05) is 5.32 Å². The van der Waals surface area contributed by atoms with Gasteiger partial charge in [-0.2, -0.15) is 14.9 Å². The molecular formula is C22H19N7O2S. The van der Waals surface area contributed by atoms with E-state index in [1.165, 1.54) is 9.56 Å². The van der Waals surface area contributed by atoms with Gasteiger partial charge in [-0.1, -0.05) is 5.16 Å². The van der Waals surface area contributed by atoms with Crippen molar-refractivity contribution in [1.29, 1.82) is 0 Å². The number of hydrogen-bond donors (Lipinski definition) is 1. The van der Waals surface area contributed by atoms with Gasteiger partial charge in [0.25, 0.3) is 11.6 Å². The number of carbonyl (C=O) groups excluding carboxylic acids is 1. The van der Waals surface area contributed by atoms with Gasteiger partial charge in [-0.3, -0.25) is 4.79 Å². The van der Waals surface area contributed by atoms with Gasteiger partial charge in [-0.05, 0) is 52.0 Å². The highest BCUT2D eigenvalue weighted by molar-refractivity contribution is 7.12. The van der Waals surface area contributed by atoms with Crippen molar-refractivity contribution in [3.8, 4) is 17.1 Å². The third-order valence-corrected chi connectivity index (χ3v) is 6.03. The maximum atomic E-state index is 13.4. The highest BCUT2D eigenvalue weighted by Crippen LogP contribution is 2.33. The molecule has 0 aliphatic heterocycles. The number of nitrogens with one attached hydrogen (secondary N) is 1. The second kappa shape index (κ2) is 7.65. The first-order chi connectivity index (χ1) is 15.4. The van der Waals surface area contributed by atoms with Crippen LogP contribution in [0.15, 0.2) is 41.1 Å². The molecule has 10 heteroatoms. The van der Waals surface area contributed by atoms with Gasteiger partial charge in [0, 0.05) is 21.4 Å². The van der Waals surface area contributed by atoms with Gasteiger partial charge in [0.05, 0.1) is 34.2 Å². The Hall–Kier alpha value is -3.92. The number of amides is 1. The van der Waals surface area contributed by atoms with Crippen molar-refractivity contribution in [2.24, 2.45) is 0 Å². The van der Waals surface area contributed by atoms with Crippen LogP contribution in [-0.2, 0) is 0 Å². The van der Waals surface area contributed by atoms with Crippen LogP contribution in [0.2, 0.25) is 0 Å². The lowest BCUT2D eigenvalue weighted by molar-refractivity contribution is 0.102. The lowest BCUT2D eigenvalue weighted by Gasteiger charge is -2.10. The molecule has 32 heavy (non-hydrogen) atoms. The van der Waals surface area contributed by atoms with E-state index in [0.717, 1.165) is 16.1 Å². The zero-order chi connectivity index (χ0) is 22.4. The van der Waals surface area contributed by atoms with Crippen molar-refractivity contribution in [3.63, 3.8) is 0 Å². The fourth-order valence-corrected chi connectivity index (χ4v) is 4.50. The van der Waals surface area contributed by atoms with E-state index in [9.17, 15) is 4.79 Å². The van der Waals surface area contributed by atoms with Crippen LogP contribution in [0.3, 0.4) is 0 Å². The number of aryl methyl sites for hydroxylation is 4. The summed E-state index contributed by atoms with van der Waals surface area (Å²) >= 11 is 1.68. The highest BCUT2D eigenvalue weighted by atomic mass is 32.1. The fourth-order valence-electron chi connectivity index (χ4n) is 3.57. The molecule has 0 unspecified atom stereocenters. The third kappa shape index (κ3) is 3.44. The second-order valence-electron chi connectivity index (χ2n) is 7.45. The zero-order valence-corrected chi connectivity index (χ0v) is 18.7. The third-order valence-electron chi connectivity index (χ3n) is 5.06. The molecular weight excluding hydrogens is 426 g/mol. The molecule has 0 radical (unpaired) electrons. The maximum Gasteiger partial charge on any atom is 0.259 e. The molecule has 0 saturated heterocycles. The molecule has 0 atom stereocenters. The lowest BCUT2D eigenvalue weighted by Crippen LogP contribution is -2.16. The smallest absolute Gasteiger partial charge is 0.259 e. The number of rotatable bonds is 4. The summed E-state index contributed by atoms with van der Waals surface area (Å²) < 4.78 is 6.94. The molecule has 5 rings (SSSR count). The van der Waals surface area contributed by atoms with Gasteiger partial charge < -0.3 is 9.84 Å². The Balaban J connectivity index is 1.57. The van der Waals surface area contributed by atoms with Gasteiger partial charge >= 0.3 is 0 Å². The predicted octanol–water partition coefficient (Wildman–Crippen LogP) is 4.41. The van der Waals surface area contributed by atoms with E-state index in [1.807, 2.05) is 26.8 Å². The first kappa shape index (κ1) is 20.0. The average Bonchev–Trinajstić information content (AvgIpc) is 3.47. The SMILES string of the molecule is Cc1ccc(-n2nccc2NC(=O)c2cc(-c3cc(C)sc3C)nc3onc(C)c23)nn1. The summed E-state index contributed by atoms with van der Waals surface area (Å²) in [7, 11) is 0. The monoisotopic (exact) mass is 445 g/mol. The summed E-state index contributed by atoms with van der Waals surface area (Å²) in [5.41, 5.74) is 3.78. The molecule has 5 heterocycles. The quantitative estimate of drug-likeness (QED) is 0.436. The molecule has 0 aliphatic carbocycles. The van der Waals surface area contributed by atoms with Crippen LogP contribution in [0.5, 0.6) is 0 Å². The van der Waals surface area contributed by atoms with Gasteiger partial charge in [-0.25, -0.2) is 4.98 Å². The number of thiophene rings is 1. The van der Waals surface area contributed by atoms with Crippen molar-refractivity contribution >= 4 is 34.2 Å². The summed E-state index contributed by atoms with van der Waals surface area (Å²) in [6.07, 6.45) is 1.59. The summed E-state index contributed by atoms with van der Waals surface area (Å²) in [5.74, 6) is 0.648. The van der Waals surface area contributed by atoms with Gasteiger partial charge in [-0.15, -0.1) is 16.4 Å². The van der Waals surface area contributed by atoms with E-state index in [2.05, 4.69) is 36.8 Å². The van der Waals surface area contributed by atoms with Crippen molar-refractivity contribution < 1.29 is 9.32 Å². The molecule has 0 saturated carbocycles. The Labute approximate surface area is 187 Å². The molecule has 160 valence electrons. The Kier molecular flexibility index (Phi) is 4.78. The highest BCUT2D eigenvalue weighted by Gasteiger charge is 2.22. The molecule has 0 bridgehead atoms. The number of anilines is 1. The van der Waals surface area contributed by atoms with Crippen LogP contribution in [0.4, 0.5) is 5.82 Å². The lowest BCUT2D eigenvalue weighted by atomic mass is 10.1. The van der Waals surface area contributed by atoms with Crippen molar-refractivity contribution in [3.05, 3.63) is 63.2 Å². The summed E-state index contributed by atoms with van der Waals surface area (Å²) in [6.45, 7) is 7.72. The Morgan fingerprint density at radius 3 is 2.66 bits per heavy atom. The molecule has 5 aromatic rings. The van der Waals surface area contributed by atoms with Crippen LogP contribution in [0.25, 0.3) is 28.2 Å². The second-order valence-corrected chi connectivity index (χ2v) is 8.91. The minimum atomic E-state index is -0.323. The number of hydrogen-bond acceptors (Lipinski definition) is 8. The number of nitrogens with zero attached hydrogens (tertiary/aromatic N) is 6. The van der Waals surface area contributed by atoms with Gasteiger partial charge in [0.2, 0.25) is 0 Å². The zero-order valence-electron chi connectivity index (χ0n) is 17.9. The normalized spacial score (nSPS) is 11.2. The minimum absolute atomic E-state index is 0.323. The number of fused-ring (bicyclic) bond motifs is 1. The van der Waals surface area contributed by atoms with Crippen molar-refractivity contribution in [2.45, 2.75) is 27.7 Å². The number of aromatic nitrogens is 6. The van der Waals surface area contributed by atoms with E-state index in [0.29, 0.717) is 39.7 Å². The molecule has 1 amide bonds. The molecule has 0 aromatic carbocycles. The Morgan fingerprint density at radius 2 is 1.94 bits per heavy atom. The average molecular weight is 446 g/mol. The van der Waals surface area contributed by atoms with Crippen LogP contribution >= 0.6 is 11.3 Å². The van der Waals surface area contributed by atoms with Crippen molar-refractivity contribution in [1.82, 2.24) is 30.1 Å². The van der Waals surface area contributed by atoms with Gasteiger partial charge in [0.15, 0.2) is 5.82 Å². The van der Waals surface area contributed by atoms with E-state index in [1.54, 1.807) is 42.7 Å².